The fourth-order valence-electron chi connectivity index (χ4n) is 1.37. The summed E-state index contributed by atoms with van der Waals surface area (Å²) in [5.74, 6) is 1.58. The van der Waals surface area contributed by atoms with Crippen molar-refractivity contribution in [1.29, 1.82) is 0 Å². The Hall–Kier alpha value is 0.470. The minimum atomic E-state index is 0.744. The van der Waals surface area contributed by atoms with Gasteiger partial charge in [0, 0.05) is 5.33 Å². The van der Waals surface area contributed by atoms with E-state index >= 15 is 0 Å². The van der Waals surface area contributed by atoms with Crippen LogP contribution >= 0.6 is 38.9 Å². The molecule has 2 unspecified atom stereocenters. The predicted molar refractivity (Wildman–Crippen MR) is 54.0 cm³/mol. The van der Waals surface area contributed by atoms with Crippen LogP contribution in [0.4, 0.5) is 0 Å². The lowest BCUT2D eigenvalue weighted by atomic mass is 10.2. The van der Waals surface area contributed by atoms with E-state index in [4.69, 9.17) is 11.6 Å². The Balaban J connectivity index is 2.14. The van der Waals surface area contributed by atoms with Gasteiger partial charge in [-0.25, -0.2) is 0 Å². The van der Waals surface area contributed by atoms with Gasteiger partial charge in [0.2, 0.25) is 0 Å². The van der Waals surface area contributed by atoms with E-state index in [1.807, 2.05) is 0 Å². The van der Waals surface area contributed by atoms with Gasteiger partial charge in [-0.2, -0.15) is 0 Å². The lowest BCUT2D eigenvalue weighted by molar-refractivity contribution is 0.940. The molecule has 0 amide bonds. The third kappa shape index (κ3) is 1.49. The number of hydrogen-bond acceptors (Lipinski definition) is 1. The highest BCUT2D eigenvalue weighted by atomic mass is 79.9. The molecule has 2 rings (SSSR count). The van der Waals surface area contributed by atoms with Gasteiger partial charge in [0.25, 0.3) is 0 Å². The Morgan fingerprint density at radius 1 is 1.73 bits per heavy atom. The fourth-order valence-corrected chi connectivity index (χ4v) is 3.13. The monoisotopic (exact) mass is 250 g/mol. The molecule has 1 aliphatic rings. The smallest absolute Gasteiger partial charge is 0.0963 e. The quantitative estimate of drug-likeness (QED) is 0.700. The Morgan fingerprint density at radius 2 is 2.55 bits per heavy atom. The van der Waals surface area contributed by atoms with Crippen molar-refractivity contribution in [3.8, 4) is 0 Å². The van der Waals surface area contributed by atoms with Gasteiger partial charge in [0.1, 0.15) is 0 Å². The van der Waals surface area contributed by atoms with E-state index in [1.165, 1.54) is 12.0 Å². The molecule has 0 spiro atoms. The molecule has 0 aromatic carbocycles. The molecule has 0 radical (unpaired) electrons. The van der Waals surface area contributed by atoms with Crippen LogP contribution in [-0.4, -0.2) is 5.33 Å². The molecule has 1 fully saturated rings. The highest BCUT2D eigenvalue weighted by Crippen LogP contribution is 2.51. The van der Waals surface area contributed by atoms with Crippen molar-refractivity contribution in [2.75, 3.05) is 5.33 Å². The maximum absolute atomic E-state index is 6.00. The molecule has 1 heterocycles. The second-order valence-electron chi connectivity index (χ2n) is 2.91. The summed E-state index contributed by atoms with van der Waals surface area (Å²) in [6.45, 7) is 0. The van der Waals surface area contributed by atoms with Crippen molar-refractivity contribution in [3.63, 3.8) is 0 Å². The first-order valence-corrected chi connectivity index (χ1v) is 5.99. The van der Waals surface area contributed by atoms with Crippen LogP contribution in [0, 0.1) is 5.92 Å². The molecule has 1 aliphatic carbocycles. The molecule has 0 saturated heterocycles. The molecule has 1 aromatic heterocycles. The van der Waals surface area contributed by atoms with Crippen LogP contribution in [0.5, 0.6) is 0 Å². The normalized spacial score (nSPS) is 28.9. The average molecular weight is 252 g/mol. The fraction of sp³-hybridized carbons (Fsp3) is 0.500. The van der Waals surface area contributed by atoms with Crippen molar-refractivity contribution >= 4 is 38.9 Å². The highest BCUT2D eigenvalue weighted by molar-refractivity contribution is 9.09. The Labute approximate surface area is 83.7 Å². The van der Waals surface area contributed by atoms with Crippen LogP contribution in [0.1, 0.15) is 17.9 Å². The van der Waals surface area contributed by atoms with E-state index in [2.05, 4.69) is 27.4 Å². The second-order valence-corrected chi connectivity index (χ2v) is 5.07. The third-order valence-corrected chi connectivity index (χ3v) is 4.20. The zero-order valence-electron chi connectivity index (χ0n) is 5.89. The van der Waals surface area contributed by atoms with Crippen molar-refractivity contribution in [1.82, 2.24) is 0 Å². The SMILES string of the molecule is Clc1sccc1C1CC1CBr. The van der Waals surface area contributed by atoms with Gasteiger partial charge >= 0.3 is 0 Å². The minimum absolute atomic E-state index is 0.744. The van der Waals surface area contributed by atoms with E-state index in [9.17, 15) is 0 Å². The van der Waals surface area contributed by atoms with E-state index in [0.29, 0.717) is 0 Å². The van der Waals surface area contributed by atoms with E-state index < -0.39 is 0 Å². The van der Waals surface area contributed by atoms with Gasteiger partial charge in [-0.1, -0.05) is 27.5 Å². The zero-order chi connectivity index (χ0) is 7.84. The number of rotatable bonds is 2. The lowest BCUT2D eigenvalue weighted by Crippen LogP contribution is -1.80. The molecule has 0 aliphatic heterocycles. The molecule has 1 saturated carbocycles. The standard InChI is InChI=1S/C8H8BrClS/c9-4-5-3-7(5)6-1-2-11-8(6)10/h1-2,5,7H,3-4H2. The largest absolute Gasteiger partial charge is 0.132 e. The highest BCUT2D eigenvalue weighted by Gasteiger charge is 2.38. The molecule has 1 aromatic rings. The zero-order valence-corrected chi connectivity index (χ0v) is 9.05. The summed E-state index contributed by atoms with van der Waals surface area (Å²) in [5, 5.41) is 3.19. The van der Waals surface area contributed by atoms with Crippen LogP contribution in [0.25, 0.3) is 0 Å². The number of thiophene rings is 1. The molecule has 0 bridgehead atoms. The van der Waals surface area contributed by atoms with Crippen molar-refractivity contribution in [3.05, 3.63) is 21.3 Å². The average Bonchev–Trinajstić information content (AvgIpc) is 2.68. The van der Waals surface area contributed by atoms with Crippen molar-refractivity contribution in [2.45, 2.75) is 12.3 Å². The Bertz CT molecular complexity index is 258. The van der Waals surface area contributed by atoms with Crippen LogP contribution in [0.15, 0.2) is 11.4 Å². The first-order valence-electron chi connectivity index (χ1n) is 3.61. The summed E-state index contributed by atoms with van der Waals surface area (Å²) < 4.78 is 0.985. The van der Waals surface area contributed by atoms with Crippen molar-refractivity contribution < 1.29 is 0 Å². The van der Waals surface area contributed by atoms with E-state index in [0.717, 1.165) is 21.5 Å². The van der Waals surface area contributed by atoms with Crippen LogP contribution < -0.4 is 0 Å². The molecular weight excluding hydrogens is 244 g/mol. The van der Waals surface area contributed by atoms with Gasteiger partial charge in [-0.3, -0.25) is 0 Å². The Morgan fingerprint density at radius 3 is 3.00 bits per heavy atom. The lowest BCUT2D eigenvalue weighted by Gasteiger charge is -1.93. The molecule has 0 N–H and O–H groups in total. The summed E-state index contributed by atoms with van der Waals surface area (Å²) in [5.41, 5.74) is 1.36. The summed E-state index contributed by atoms with van der Waals surface area (Å²) >= 11 is 11.1. The predicted octanol–water partition coefficient (Wildman–Crippen LogP) is 3.90. The van der Waals surface area contributed by atoms with Gasteiger partial charge in [0.05, 0.1) is 4.34 Å². The maximum Gasteiger partial charge on any atom is 0.0963 e. The maximum atomic E-state index is 6.00. The van der Waals surface area contributed by atoms with E-state index in [1.54, 1.807) is 11.3 Å². The van der Waals surface area contributed by atoms with Gasteiger partial charge < -0.3 is 0 Å². The van der Waals surface area contributed by atoms with Gasteiger partial charge in [0.15, 0.2) is 0 Å². The first-order chi connectivity index (χ1) is 5.33. The minimum Gasteiger partial charge on any atom is -0.132 e. The first kappa shape index (κ1) is 8.09. The number of hydrogen-bond donors (Lipinski definition) is 0. The molecule has 60 valence electrons. The molecular formula is C8H8BrClS. The summed E-state index contributed by atoms with van der Waals surface area (Å²) in [6, 6.07) is 2.15. The molecule has 0 nitrogen and oxygen atoms in total. The molecule has 2 atom stereocenters. The Kier molecular flexibility index (Phi) is 2.26. The molecule has 3 heteroatoms. The number of alkyl halides is 1. The summed E-state index contributed by atoms with van der Waals surface area (Å²) in [4.78, 5) is 0. The summed E-state index contributed by atoms with van der Waals surface area (Å²) in [6.07, 6.45) is 1.31. The number of halogens is 2. The van der Waals surface area contributed by atoms with Crippen LogP contribution in [0.2, 0.25) is 4.34 Å². The van der Waals surface area contributed by atoms with Crippen LogP contribution in [0.3, 0.4) is 0 Å². The third-order valence-electron chi connectivity index (χ3n) is 2.17. The van der Waals surface area contributed by atoms with Gasteiger partial charge in [-0.05, 0) is 35.3 Å². The van der Waals surface area contributed by atoms with E-state index in [-0.39, 0.29) is 0 Å². The van der Waals surface area contributed by atoms with Crippen molar-refractivity contribution in [2.24, 2.45) is 5.92 Å². The topological polar surface area (TPSA) is 0 Å². The molecule has 11 heavy (non-hydrogen) atoms. The van der Waals surface area contributed by atoms with Gasteiger partial charge in [-0.15, -0.1) is 11.3 Å². The summed E-state index contributed by atoms with van der Waals surface area (Å²) in [7, 11) is 0. The van der Waals surface area contributed by atoms with Crippen LogP contribution in [-0.2, 0) is 0 Å². The second kappa shape index (κ2) is 3.08.